The van der Waals surface area contributed by atoms with Crippen molar-refractivity contribution in [1.82, 2.24) is 10.3 Å². The average Bonchev–Trinajstić information content (AvgIpc) is 3.19. The van der Waals surface area contributed by atoms with E-state index in [0.717, 1.165) is 41.6 Å². The summed E-state index contributed by atoms with van der Waals surface area (Å²) in [5.41, 5.74) is 4.75. The van der Waals surface area contributed by atoms with E-state index in [4.69, 9.17) is 5.26 Å². The normalized spacial score (nSPS) is 14.0. The van der Waals surface area contributed by atoms with Crippen LogP contribution in [0.3, 0.4) is 0 Å². The zero-order chi connectivity index (χ0) is 18.4. The van der Waals surface area contributed by atoms with Crippen LogP contribution in [-0.2, 0) is 6.42 Å². The van der Waals surface area contributed by atoms with E-state index in [2.05, 4.69) is 41.3 Å². The zero-order valence-corrected chi connectivity index (χ0v) is 15.4. The largest absolute Gasteiger partial charge is 0.385 e. The first-order chi connectivity index (χ1) is 12.7. The van der Waals surface area contributed by atoms with Crippen LogP contribution in [0.25, 0.3) is 5.70 Å². The molecule has 1 heterocycles. The van der Waals surface area contributed by atoms with Crippen molar-refractivity contribution < 1.29 is 0 Å². The van der Waals surface area contributed by atoms with E-state index in [9.17, 15) is 0 Å². The molecule has 0 saturated heterocycles. The number of rotatable bonds is 7. The molecule has 0 aliphatic heterocycles. The molecule has 1 fully saturated rings. The maximum atomic E-state index is 9.03. The van der Waals surface area contributed by atoms with E-state index in [1.165, 1.54) is 31.2 Å². The van der Waals surface area contributed by atoms with Crippen LogP contribution >= 0.6 is 0 Å². The van der Waals surface area contributed by atoms with Gasteiger partial charge in [-0.2, -0.15) is 5.26 Å². The summed E-state index contributed by atoms with van der Waals surface area (Å²) in [5.74, 6) is 1.56. The molecule has 2 N–H and O–H groups in total. The van der Waals surface area contributed by atoms with Gasteiger partial charge in [0.1, 0.15) is 5.82 Å². The van der Waals surface area contributed by atoms with Crippen molar-refractivity contribution in [2.75, 3.05) is 11.9 Å². The molecule has 0 radical (unpaired) electrons. The monoisotopic (exact) mass is 346 g/mol. The van der Waals surface area contributed by atoms with Crippen LogP contribution in [0.2, 0.25) is 0 Å². The van der Waals surface area contributed by atoms with Gasteiger partial charge in [0.15, 0.2) is 0 Å². The molecule has 4 nitrogen and oxygen atoms in total. The van der Waals surface area contributed by atoms with Crippen molar-refractivity contribution >= 4 is 17.2 Å². The number of hydrogen-bond donors (Lipinski definition) is 2. The molecule has 134 valence electrons. The van der Waals surface area contributed by atoms with E-state index >= 15 is 0 Å². The molecule has 0 amide bonds. The minimum atomic E-state index is 0.631. The fraction of sp³-hybridized carbons (Fsp3) is 0.364. The van der Waals surface area contributed by atoms with Crippen molar-refractivity contribution in [2.24, 2.45) is 5.92 Å². The fourth-order valence-electron chi connectivity index (χ4n) is 3.52. The Morgan fingerprint density at radius 3 is 2.85 bits per heavy atom. The lowest BCUT2D eigenvalue weighted by Crippen LogP contribution is -2.20. The van der Waals surface area contributed by atoms with Gasteiger partial charge in [0, 0.05) is 29.7 Å². The van der Waals surface area contributed by atoms with Crippen LogP contribution in [0.5, 0.6) is 0 Å². The van der Waals surface area contributed by atoms with Gasteiger partial charge >= 0.3 is 0 Å². The topological polar surface area (TPSA) is 60.7 Å². The lowest BCUT2D eigenvalue weighted by molar-refractivity contribution is 0.531. The highest BCUT2D eigenvalue weighted by atomic mass is 15.0. The molecule has 3 rings (SSSR count). The van der Waals surface area contributed by atoms with E-state index in [1.807, 2.05) is 24.4 Å². The van der Waals surface area contributed by atoms with Crippen molar-refractivity contribution in [3.63, 3.8) is 0 Å². The molecular formula is C22H26N4. The van der Waals surface area contributed by atoms with Crippen LogP contribution in [0.15, 0.2) is 43.1 Å². The van der Waals surface area contributed by atoms with Gasteiger partial charge in [-0.15, -0.1) is 0 Å². The second-order valence-corrected chi connectivity index (χ2v) is 6.91. The van der Waals surface area contributed by atoms with E-state index in [-0.39, 0.29) is 0 Å². The number of pyridine rings is 1. The molecule has 0 unspecified atom stereocenters. The highest BCUT2D eigenvalue weighted by molar-refractivity contribution is 5.67. The number of aryl methyl sites for hydroxylation is 1. The summed E-state index contributed by atoms with van der Waals surface area (Å²) in [6, 6.07) is 11.6. The lowest BCUT2D eigenvalue weighted by atomic mass is 10.0. The second-order valence-electron chi connectivity index (χ2n) is 6.91. The van der Waals surface area contributed by atoms with Gasteiger partial charge < -0.3 is 10.6 Å². The molecule has 1 aliphatic carbocycles. The summed E-state index contributed by atoms with van der Waals surface area (Å²) in [6.45, 7) is 7.37. The first-order valence-corrected chi connectivity index (χ1v) is 9.39. The molecule has 0 atom stereocenters. The second kappa shape index (κ2) is 8.53. The van der Waals surface area contributed by atoms with Crippen molar-refractivity contribution in [3.05, 3.63) is 59.8 Å². The quantitative estimate of drug-likeness (QED) is 0.740. The predicted molar refractivity (Wildman–Crippen MR) is 107 cm³/mol. The van der Waals surface area contributed by atoms with Crippen LogP contribution < -0.4 is 10.6 Å². The SMILES string of the molecule is C=C(NCC1CCCC1)c1cnc(Nc2cccc(C#N)c2)cc1CC. The molecular weight excluding hydrogens is 320 g/mol. The molecule has 1 aromatic carbocycles. The van der Waals surface area contributed by atoms with Gasteiger partial charge in [0.2, 0.25) is 0 Å². The summed E-state index contributed by atoms with van der Waals surface area (Å²) >= 11 is 0. The third kappa shape index (κ3) is 4.43. The Balaban J connectivity index is 1.70. The summed E-state index contributed by atoms with van der Waals surface area (Å²) in [4.78, 5) is 4.54. The Bertz CT molecular complexity index is 813. The molecule has 2 aromatic rings. The van der Waals surface area contributed by atoms with Crippen LogP contribution in [0, 0.1) is 17.2 Å². The number of nitrogens with zero attached hydrogens (tertiary/aromatic N) is 2. The van der Waals surface area contributed by atoms with Crippen LogP contribution in [0.1, 0.15) is 49.3 Å². The molecule has 4 heteroatoms. The van der Waals surface area contributed by atoms with Crippen molar-refractivity contribution in [2.45, 2.75) is 39.0 Å². The van der Waals surface area contributed by atoms with Gasteiger partial charge in [-0.1, -0.05) is 32.4 Å². The zero-order valence-electron chi connectivity index (χ0n) is 15.4. The van der Waals surface area contributed by atoms with Gasteiger partial charge in [0.05, 0.1) is 11.6 Å². The maximum Gasteiger partial charge on any atom is 0.130 e. The summed E-state index contributed by atoms with van der Waals surface area (Å²) in [7, 11) is 0. The molecule has 26 heavy (non-hydrogen) atoms. The first-order valence-electron chi connectivity index (χ1n) is 9.39. The molecule has 0 bridgehead atoms. The maximum absolute atomic E-state index is 9.03. The van der Waals surface area contributed by atoms with Crippen LogP contribution in [-0.4, -0.2) is 11.5 Å². The number of nitrogens with one attached hydrogen (secondary N) is 2. The smallest absolute Gasteiger partial charge is 0.130 e. The van der Waals surface area contributed by atoms with E-state index < -0.39 is 0 Å². The highest BCUT2D eigenvalue weighted by Gasteiger charge is 2.15. The molecule has 1 saturated carbocycles. The van der Waals surface area contributed by atoms with Gasteiger partial charge in [0.25, 0.3) is 0 Å². The standard InChI is InChI=1S/C22H26N4/c1-3-19-12-22(26-20-10-6-9-18(11-20)13-23)25-15-21(19)16(2)24-14-17-7-4-5-8-17/h6,9-12,15,17,24H,2-5,7-8,14H2,1H3,(H,25,26). The number of benzene rings is 1. The third-order valence-electron chi connectivity index (χ3n) is 5.04. The van der Waals surface area contributed by atoms with Gasteiger partial charge in [-0.25, -0.2) is 4.98 Å². The third-order valence-corrected chi connectivity index (χ3v) is 5.04. The Morgan fingerprint density at radius 2 is 2.12 bits per heavy atom. The number of anilines is 2. The number of nitriles is 1. The van der Waals surface area contributed by atoms with Crippen molar-refractivity contribution in [3.8, 4) is 6.07 Å². The first kappa shape index (κ1) is 18.0. The fourth-order valence-corrected chi connectivity index (χ4v) is 3.52. The van der Waals surface area contributed by atoms with E-state index in [0.29, 0.717) is 5.56 Å². The Morgan fingerprint density at radius 1 is 1.31 bits per heavy atom. The van der Waals surface area contributed by atoms with Gasteiger partial charge in [-0.3, -0.25) is 0 Å². The summed E-state index contributed by atoms with van der Waals surface area (Å²) in [6.07, 6.45) is 8.16. The Hall–Kier alpha value is -2.80. The van der Waals surface area contributed by atoms with Crippen LogP contribution in [0.4, 0.5) is 11.5 Å². The number of hydrogen-bond acceptors (Lipinski definition) is 4. The Kier molecular flexibility index (Phi) is 5.91. The van der Waals surface area contributed by atoms with Gasteiger partial charge in [-0.05, 0) is 55.0 Å². The molecule has 1 aromatic heterocycles. The minimum absolute atomic E-state index is 0.631. The summed E-state index contributed by atoms with van der Waals surface area (Å²) < 4.78 is 0. The van der Waals surface area contributed by atoms with Crippen molar-refractivity contribution in [1.29, 1.82) is 5.26 Å². The predicted octanol–water partition coefficient (Wildman–Crippen LogP) is 5.01. The minimum Gasteiger partial charge on any atom is -0.385 e. The number of aromatic nitrogens is 1. The van der Waals surface area contributed by atoms with E-state index in [1.54, 1.807) is 6.07 Å². The molecule has 0 spiro atoms. The lowest BCUT2D eigenvalue weighted by Gasteiger charge is -2.17. The summed E-state index contributed by atoms with van der Waals surface area (Å²) in [5, 5.41) is 15.8. The highest BCUT2D eigenvalue weighted by Crippen LogP contribution is 2.26. The molecule has 1 aliphatic rings. The average molecular weight is 346 g/mol. The Labute approximate surface area is 156 Å².